The highest BCUT2D eigenvalue weighted by Gasteiger charge is 2.57. The topological polar surface area (TPSA) is 39.2 Å². The maximum absolute atomic E-state index is 14.4. The van der Waals surface area contributed by atoms with Crippen molar-refractivity contribution < 1.29 is 9.18 Å². The fourth-order valence-corrected chi connectivity index (χ4v) is 7.53. The third-order valence-corrected chi connectivity index (χ3v) is 9.78. The highest BCUT2D eigenvalue weighted by atomic mass is 19.1. The number of piperidine rings is 1. The zero-order valence-corrected chi connectivity index (χ0v) is 22.4. The molecule has 2 saturated heterocycles. The summed E-state index contributed by atoms with van der Waals surface area (Å²) in [6.07, 6.45) is 14.7. The highest BCUT2D eigenvalue weighted by Crippen LogP contribution is 2.44. The lowest BCUT2D eigenvalue weighted by atomic mass is 9.78. The Labute approximate surface area is 221 Å². The van der Waals surface area contributed by atoms with Gasteiger partial charge in [0.1, 0.15) is 17.2 Å². The van der Waals surface area contributed by atoms with Gasteiger partial charge in [-0.3, -0.25) is 0 Å². The number of urea groups is 1. The summed E-state index contributed by atoms with van der Waals surface area (Å²) < 4.78 is 14.4. The molecule has 3 heterocycles. The quantitative estimate of drug-likeness (QED) is 0.491. The van der Waals surface area contributed by atoms with Crippen LogP contribution in [0.1, 0.15) is 69.4 Å². The summed E-state index contributed by atoms with van der Waals surface area (Å²) in [5.41, 5.74) is 2.23. The minimum atomic E-state index is -0.465. The van der Waals surface area contributed by atoms with E-state index in [4.69, 9.17) is 4.99 Å². The molecule has 2 aliphatic carbocycles. The van der Waals surface area contributed by atoms with Gasteiger partial charge in [0.05, 0.1) is 6.04 Å². The van der Waals surface area contributed by atoms with Crippen LogP contribution >= 0.6 is 0 Å². The molecule has 0 bridgehead atoms. The van der Waals surface area contributed by atoms with Gasteiger partial charge < -0.3 is 14.7 Å². The van der Waals surface area contributed by atoms with E-state index in [0.29, 0.717) is 18.5 Å². The summed E-state index contributed by atoms with van der Waals surface area (Å²) in [6, 6.07) is 8.89. The Morgan fingerprint density at radius 2 is 1.97 bits per heavy atom. The number of likely N-dealkylation sites (tertiary alicyclic amines) is 2. The van der Waals surface area contributed by atoms with Gasteiger partial charge in [-0.2, -0.15) is 4.99 Å². The maximum Gasteiger partial charge on any atom is 0.346 e. The van der Waals surface area contributed by atoms with E-state index in [9.17, 15) is 9.18 Å². The molecule has 37 heavy (non-hydrogen) atoms. The second-order valence-corrected chi connectivity index (χ2v) is 12.1. The number of amides is 2. The molecule has 2 amide bonds. The number of aliphatic imine (C=N–C) groups is 1. The van der Waals surface area contributed by atoms with E-state index in [1.807, 2.05) is 11.0 Å². The Hall–Kier alpha value is -2.47. The van der Waals surface area contributed by atoms with Crippen molar-refractivity contribution in [3.05, 3.63) is 59.4 Å². The summed E-state index contributed by atoms with van der Waals surface area (Å²) in [5.74, 6) is 1.54. The van der Waals surface area contributed by atoms with Gasteiger partial charge in [0.25, 0.3) is 0 Å². The molecule has 5 aliphatic rings. The van der Waals surface area contributed by atoms with E-state index in [0.717, 1.165) is 63.5 Å². The first-order valence-corrected chi connectivity index (χ1v) is 14.5. The number of amidine groups is 1. The zero-order valence-electron chi connectivity index (χ0n) is 22.4. The number of nitrogens with zero attached hydrogens (tertiary/aromatic N) is 4. The number of halogens is 1. The monoisotopic (exact) mass is 504 g/mol. The molecule has 1 aromatic carbocycles. The number of rotatable bonds is 5. The molecule has 1 aromatic rings. The van der Waals surface area contributed by atoms with Gasteiger partial charge >= 0.3 is 6.03 Å². The average Bonchev–Trinajstić information content (AvgIpc) is 3.40. The van der Waals surface area contributed by atoms with Crippen molar-refractivity contribution in [2.75, 3.05) is 19.6 Å². The third-order valence-electron chi connectivity index (χ3n) is 9.78. The molecule has 1 spiro atoms. The first kappa shape index (κ1) is 24.8. The van der Waals surface area contributed by atoms with Gasteiger partial charge in [-0.15, -0.1) is 0 Å². The normalized spacial score (nSPS) is 32.7. The fraction of sp³-hybridized carbons (Fsp3) is 0.613. The Kier molecular flexibility index (Phi) is 6.72. The second kappa shape index (κ2) is 10.0. The van der Waals surface area contributed by atoms with Crippen molar-refractivity contribution in [3.8, 4) is 0 Å². The van der Waals surface area contributed by atoms with E-state index >= 15 is 0 Å². The van der Waals surface area contributed by atoms with Gasteiger partial charge in [-0.05, 0) is 94.4 Å². The van der Waals surface area contributed by atoms with E-state index in [2.05, 4.69) is 47.9 Å². The fourth-order valence-electron chi connectivity index (χ4n) is 7.53. The summed E-state index contributed by atoms with van der Waals surface area (Å²) in [4.78, 5) is 25.6. The van der Waals surface area contributed by atoms with Crippen LogP contribution in [0.15, 0.2) is 53.3 Å². The molecule has 3 aliphatic heterocycles. The molecule has 4 atom stereocenters. The van der Waals surface area contributed by atoms with E-state index in [-0.39, 0.29) is 17.9 Å². The van der Waals surface area contributed by atoms with Crippen molar-refractivity contribution in [2.45, 2.75) is 95.3 Å². The highest BCUT2D eigenvalue weighted by molar-refractivity contribution is 6.07. The number of aryl methyl sites for hydroxylation is 1. The van der Waals surface area contributed by atoms with E-state index < -0.39 is 5.54 Å². The molecule has 5 nitrogen and oxygen atoms in total. The van der Waals surface area contributed by atoms with Crippen LogP contribution in [0.3, 0.4) is 0 Å². The Balaban J connectivity index is 1.31. The zero-order chi connectivity index (χ0) is 25.6. The predicted octanol–water partition coefficient (Wildman–Crippen LogP) is 6.04. The average molecular weight is 505 g/mol. The Bertz CT molecular complexity index is 1120. The van der Waals surface area contributed by atoms with Gasteiger partial charge in [0, 0.05) is 31.7 Å². The summed E-state index contributed by atoms with van der Waals surface area (Å²) in [7, 11) is 0. The molecule has 198 valence electrons. The lowest BCUT2D eigenvalue weighted by Gasteiger charge is -2.52. The number of carbonyl (C=O) groups excluding carboxylic acids is 1. The Morgan fingerprint density at radius 3 is 2.70 bits per heavy atom. The number of hydrogen-bond donors (Lipinski definition) is 0. The number of benzene rings is 1. The lowest BCUT2D eigenvalue weighted by molar-refractivity contribution is 0.0330. The molecule has 6 heteroatoms. The van der Waals surface area contributed by atoms with Crippen molar-refractivity contribution in [1.29, 1.82) is 0 Å². The van der Waals surface area contributed by atoms with Crippen molar-refractivity contribution in [1.82, 2.24) is 14.7 Å². The van der Waals surface area contributed by atoms with Gasteiger partial charge in [-0.1, -0.05) is 36.8 Å². The van der Waals surface area contributed by atoms with Crippen LogP contribution in [0.4, 0.5) is 9.18 Å². The van der Waals surface area contributed by atoms with Crippen LogP contribution in [0.5, 0.6) is 0 Å². The lowest BCUT2D eigenvalue weighted by Crippen LogP contribution is -2.65. The standard InChI is InChI=1S/C31H41FN4O/c1-22-8-3-4-11-25(22)18-27-14-7-16-35(27)29-31(15-17-34(23(2)20-31)21-24-9-5-10-24)36(30(37)33-29)28-13-6-12-26(32)19-28/h3-4,6,8,11-12,19,23-24,27-28H,5,7,9-10,13-18,20-21H2,1-2H3/t23-,27?,28?,31+/m0/s1. The van der Waals surface area contributed by atoms with Gasteiger partial charge in [0.2, 0.25) is 0 Å². The number of hydrogen-bond acceptors (Lipinski definition) is 3. The molecule has 3 fully saturated rings. The van der Waals surface area contributed by atoms with Crippen LogP contribution in [-0.2, 0) is 6.42 Å². The second-order valence-electron chi connectivity index (χ2n) is 12.1. The van der Waals surface area contributed by atoms with Crippen LogP contribution < -0.4 is 0 Å². The van der Waals surface area contributed by atoms with Crippen LogP contribution in [0.25, 0.3) is 0 Å². The van der Waals surface area contributed by atoms with Crippen LogP contribution in [0.2, 0.25) is 0 Å². The molecule has 6 rings (SSSR count). The first-order valence-electron chi connectivity index (χ1n) is 14.5. The first-order chi connectivity index (χ1) is 17.9. The molecule has 0 N–H and O–H groups in total. The summed E-state index contributed by atoms with van der Waals surface area (Å²) in [6.45, 7) is 7.58. The van der Waals surface area contributed by atoms with E-state index in [1.54, 1.807) is 6.08 Å². The molecule has 1 saturated carbocycles. The minimum absolute atomic E-state index is 0.180. The smallest absolute Gasteiger partial charge is 0.346 e. The molecule has 0 radical (unpaired) electrons. The Morgan fingerprint density at radius 1 is 1.14 bits per heavy atom. The largest absolute Gasteiger partial charge is 0.355 e. The molecule has 0 aromatic heterocycles. The number of allylic oxidation sites excluding steroid dienone is 2. The van der Waals surface area contributed by atoms with Crippen molar-refractivity contribution >= 4 is 11.9 Å². The maximum atomic E-state index is 14.4. The molecular weight excluding hydrogens is 463 g/mol. The van der Waals surface area contributed by atoms with Crippen LogP contribution in [-0.4, -0.2) is 69.9 Å². The predicted molar refractivity (Wildman–Crippen MR) is 146 cm³/mol. The molecule has 2 unspecified atom stereocenters. The molecular formula is C31H41FN4O. The summed E-state index contributed by atoms with van der Waals surface area (Å²) in [5, 5.41) is 0. The van der Waals surface area contributed by atoms with Gasteiger partial charge in [0.15, 0.2) is 0 Å². The number of carbonyl (C=O) groups is 1. The SMILES string of the molecule is Cc1ccccc1CC1CCCN1C1=NC(=O)N(C2C=C(F)C=CC2)[C@@]12CCN(CC1CCC1)[C@@H](C)C2. The van der Waals surface area contributed by atoms with Gasteiger partial charge in [-0.25, -0.2) is 9.18 Å². The minimum Gasteiger partial charge on any atom is -0.355 e. The van der Waals surface area contributed by atoms with Crippen LogP contribution in [0, 0.1) is 12.8 Å². The summed E-state index contributed by atoms with van der Waals surface area (Å²) >= 11 is 0. The van der Waals surface area contributed by atoms with Crippen molar-refractivity contribution in [3.63, 3.8) is 0 Å². The van der Waals surface area contributed by atoms with Crippen molar-refractivity contribution in [2.24, 2.45) is 10.9 Å². The van der Waals surface area contributed by atoms with E-state index in [1.165, 1.54) is 36.5 Å². The third kappa shape index (κ3) is 4.56.